The molecule has 0 unspecified atom stereocenters. The zero-order valence-electron chi connectivity index (χ0n) is 11.6. The first-order valence-electron chi connectivity index (χ1n) is 6.12. The largest absolute Gasteiger partial charge is 0.336 e. The molecule has 1 aromatic rings. The fraction of sp³-hybridized carbons (Fsp3) is 0.429. The average molecular weight is 280 g/mol. The van der Waals surface area contributed by atoms with Gasteiger partial charge in [0.05, 0.1) is 6.54 Å². The molecule has 4 nitrogen and oxygen atoms in total. The summed E-state index contributed by atoms with van der Waals surface area (Å²) < 4.78 is 0. The van der Waals surface area contributed by atoms with Gasteiger partial charge in [-0.25, -0.2) is 0 Å². The predicted molar refractivity (Wildman–Crippen MR) is 80.4 cm³/mol. The van der Waals surface area contributed by atoms with Gasteiger partial charge in [-0.3, -0.25) is 9.59 Å². The van der Waals surface area contributed by atoms with Crippen LogP contribution < -0.4 is 5.32 Å². The molecule has 104 valence electrons. The highest BCUT2D eigenvalue weighted by Crippen LogP contribution is 2.08. The first kappa shape index (κ1) is 15.6. The molecular weight excluding hydrogens is 260 g/mol. The molecule has 1 rings (SSSR count). The minimum Gasteiger partial charge on any atom is -0.336 e. The van der Waals surface area contributed by atoms with E-state index in [1.807, 2.05) is 37.4 Å². The molecule has 1 aromatic carbocycles. The molecule has 2 amide bonds. The molecular formula is C14H20N2O2S. The zero-order chi connectivity index (χ0) is 14.3. The Hall–Kier alpha value is -1.49. The molecule has 0 fully saturated rings. The maximum absolute atomic E-state index is 11.8. The Labute approximate surface area is 118 Å². The second-order valence-corrected chi connectivity index (χ2v) is 5.39. The van der Waals surface area contributed by atoms with Gasteiger partial charge >= 0.3 is 0 Å². The van der Waals surface area contributed by atoms with E-state index in [4.69, 9.17) is 0 Å². The van der Waals surface area contributed by atoms with Gasteiger partial charge in [0.15, 0.2) is 0 Å². The van der Waals surface area contributed by atoms with Gasteiger partial charge in [-0.05, 0) is 25.3 Å². The van der Waals surface area contributed by atoms with E-state index in [1.165, 1.54) is 4.90 Å². The third-order valence-electron chi connectivity index (χ3n) is 2.66. The van der Waals surface area contributed by atoms with Crippen molar-refractivity contribution in [1.29, 1.82) is 0 Å². The number of nitrogens with one attached hydrogen (secondary N) is 1. The first-order chi connectivity index (χ1) is 9.02. The number of likely N-dealkylation sites (N-methyl/N-ethyl adjacent to an activating group) is 1. The molecule has 0 spiro atoms. The van der Waals surface area contributed by atoms with E-state index in [2.05, 4.69) is 5.32 Å². The van der Waals surface area contributed by atoms with Gasteiger partial charge in [0.1, 0.15) is 0 Å². The molecule has 0 bridgehead atoms. The monoisotopic (exact) mass is 280 g/mol. The number of hydrogen-bond donors (Lipinski definition) is 1. The number of anilines is 1. The number of aryl methyl sites for hydroxylation is 1. The van der Waals surface area contributed by atoms with Crippen LogP contribution in [-0.4, -0.2) is 42.3 Å². The van der Waals surface area contributed by atoms with E-state index in [9.17, 15) is 9.59 Å². The normalized spacial score (nSPS) is 10.1. The van der Waals surface area contributed by atoms with Crippen molar-refractivity contribution in [3.05, 3.63) is 29.8 Å². The molecule has 0 saturated carbocycles. The van der Waals surface area contributed by atoms with Crippen LogP contribution in [0.2, 0.25) is 0 Å². The van der Waals surface area contributed by atoms with Crippen molar-refractivity contribution in [3.63, 3.8) is 0 Å². The van der Waals surface area contributed by atoms with Crippen LogP contribution >= 0.6 is 11.8 Å². The smallest absolute Gasteiger partial charge is 0.243 e. The van der Waals surface area contributed by atoms with Crippen LogP contribution in [0, 0.1) is 6.92 Å². The molecule has 0 atom stereocenters. The van der Waals surface area contributed by atoms with Crippen LogP contribution in [0.15, 0.2) is 24.3 Å². The van der Waals surface area contributed by atoms with E-state index in [1.54, 1.807) is 18.8 Å². The molecule has 1 N–H and O–H groups in total. The van der Waals surface area contributed by atoms with Gasteiger partial charge in [0.2, 0.25) is 11.8 Å². The molecule has 0 aliphatic rings. The third kappa shape index (κ3) is 5.79. The number of carbonyl (C=O) groups is 2. The Morgan fingerprint density at radius 1 is 1.26 bits per heavy atom. The summed E-state index contributed by atoms with van der Waals surface area (Å²) in [5, 5.41) is 2.77. The van der Waals surface area contributed by atoms with Gasteiger partial charge in [-0.15, -0.1) is 0 Å². The van der Waals surface area contributed by atoms with Crippen LogP contribution in [0.5, 0.6) is 0 Å². The number of thioether (sulfide) groups is 1. The van der Waals surface area contributed by atoms with E-state index < -0.39 is 0 Å². The molecule has 5 heteroatoms. The second-order valence-electron chi connectivity index (χ2n) is 4.41. The number of carbonyl (C=O) groups excluding carboxylic acids is 2. The Morgan fingerprint density at radius 3 is 2.47 bits per heavy atom. The maximum atomic E-state index is 11.8. The third-order valence-corrected chi connectivity index (χ3v) is 3.27. The van der Waals surface area contributed by atoms with Gasteiger partial charge in [0.25, 0.3) is 0 Å². The summed E-state index contributed by atoms with van der Waals surface area (Å²) in [6.07, 6.45) is 2.42. The quantitative estimate of drug-likeness (QED) is 0.868. The molecule has 0 aromatic heterocycles. The van der Waals surface area contributed by atoms with Crippen molar-refractivity contribution < 1.29 is 9.59 Å². The summed E-state index contributed by atoms with van der Waals surface area (Å²) in [7, 11) is 1.65. The molecule has 19 heavy (non-hydrogen) atoms. The number of hydrogen-bond acceptors (Lipinski definition) is 3. The molecule has 0 saturated heterocycles. The second kappa shape index (κ2) is 7.84. The van der Waals surface area contributed by atoms with Crippen LogP contribution in [0.3, 0.4) is 0 Å². The average Bonchev–Trinajstić information content (AvgIpc) is 2.38. The summed E-state index contributed by atoms with van der Waals surface area (Å²) in [5.41, 5.74) is 1.89. The first-order valence-corrected chi connectivity index (χ1v) is 7.51. The van der Waals surface area contributed by atoms with Gasteiger partial charge < -0.3 is 10.2 Å². The Bertz CT molecular complexity index is 432. The molecule has 0 radical (unpaired) electrons. The van der Waals surface area contributed by atoms with Crippen molar-refractivity contribution in [1.82, 2.24) is 4.90 Å². The van der Waals surface area contributed by atoms with Crippen LogP contribution in [0.1, 0.15) is 12.0 Å². The number of amides is 2. The lowest BCUT2D eigenvalue weighted by molar-refractivity contribution is -0.132. The van der Waals surface area contributed by atoms with Gasteiger partial charge in [-0.2, -0.15) is 11.8 Å². The van der Waals surface area contributed by atoms with Crippen LogP contribution in [0.4, 0.5) is 5.69 Å². The number of rotatable bonds is 6. The van der Waals surface area contributed by atoms with Crippen LogP contribution in [-0.2, 0) is 9.59 Å². The van der Waals surface area contributed by atoms with Crippen LogP contribution in [0.25, 0.3) is 0 Å². The minimum atomic E-state index is -0.177. The summed E-state index contributed by atoms with van der Waals surface area (Å²) >= 11 is 1.62. The van der Waals surface area contributed by atoms with E-state index in [0.29, 0.717) is 6.42 Å². The van der Waals surface area contributed by atoms with E-state index in [-0.39, 0.29) is 18.4 Å². The van der Waals surface area contributed by atoms with Crippen molar-refractivity contribution in [2.75, 3.05) is 30.9 Å². The summed E-state index contributed by atoms with van der Waals surface area (Å²) in [4.78, 5) is 24.9. The lowest BCUT2D eigenvalue weighted by Crippen LogP contribution is -2.35. The summed E-state index contributed by atoms with van der Waals surface area (Å²) in [6.45, 7) is 2.07. The molecule has 0 heterocycles. The van der Waals surface area contributed by atoms with Gasteiger partial charge in [-0.1, -0.05) is 17.7 Å². The van der Waals surface area contributed by atoms with E-state index in [0.717, 1.165) is 17.0 Å². The molecule has 0 aliphatic carbocycles. The minimum absolute atomic E-state index is 0.00611. The number of benzene rings is 1. The fourth-order valence-corrected chi connectivity index (χ4v) is 1.90. The lowest BCUT2D eigenvalue weighted by Gasteiger charge is -2.16. The zero-order valence-corrected chi connectivity index (χ0v) is 12.4. The standard InChI is InChI=1S/C14H20N2O2S/c1-11-4-6-12(7-5-11)15-13(17)10-16(2)14(18)8-9-19-3/h4-7H,8-10H2,1-3H3,(H,15,17). The lowest BCUT2D eigenvalue weighted by atomic mass is 10.2. The highest BCUT2D eigenvalue weighted by Gasteiger charge is 2.12. The highest BCUT2D eigenvalue weighted by atomic mass is 32.2. The highest BCUT2D eigenvalue weighted by molar-refractivity contribution is 7.98. The maximum Gasteiger partial charge on any atom is 0.243 e. The number of nitrogens with zero attached hydrogens (tertiary/aromatic N) is 1. The summed E-state index contributed by atoms with van der Waals surface area (Å²) in [5.74, 6) is 0.597. The van der Waals surface area contributed by atoms with E-state index >= 15 is 0 Å². The van der Waals surface area contributed by atoms with Crippen molar-refractivity contribution in [2.24, 2.45) is 0 Å². The Kier molecular flexibility index (Phi) is 6.42. The topological polar surface area (TPSA) is 49.4 Å². The Balaban J connectivity index is 2.42. The fourth-order valence-electron chi connectivity index (χ4n) is 1.52. The van der Waals surface area contributed by atoms with Crippen molar-refractivity contribution in [2.45, 2.75) is 13.3 Å². The Morgan fingerprint density at radius 2 is 1.89 bits per heavy atom. The van der Waals surface area contributed by atoms with Gasteiger partial charge in [0, 0.05) is 24.9 Å². The molecule has 0 aliphatic heterocycles. The van der Waals surface area contributed by atoms with Crippen molar-refractivity contribution >= 4 is 29.3 Å². The SMILES string of the molecule is CSCCC(=O)N(C)CC(=O)Nc1ccc(C)cc1. The summed E-state index contributed by atoms with van der Waals surface area (Å²) in [6, 6.07) is 7.57. The predicted octanol–water partition coefficient (Wildman–Crippen LogP) is 2.15. The van der Waals surface area contributed by atoms with Crippen molar-refractivity contribution in [3.8, 4) is 0 Å².